The van der Waals surface area contributed by atoms with Gasteiger partial charge in [0, 0.05) is 0 Å². The van der Waals surface area contributed by atoms with E-state index >= 15 is 0 Å². The fraction of sp³-hybridized carbons (Fsp3) is 0.833. The first-order valence-electron chi connectivity index (χ1n) is 6.28. The molecule has 1 rings (SSSR count). The number of hydrogen-bond donors (Lipinski definition) is 1. The predicted molar refractivity (Wildman–Crippen MR) is 67.6 cm³/mol. The standard InChI is InChI=1S/C12H22N2OS/c1-3-5-6-7-8-9-11(15)12-10(4-2)13-14-16-12/h11,15H,3-9H2,1-2H3. The molecule has 0 fully saturated rings. The van der Waals surface area contributed by atoms with Gasteiger partial charge in [0.1, 0.15) is 0 Å². The van der Waals surface area contributed by atoms with Gasteiger partial charge < -0.3 is 5.11 Å². The first-order chi connectivity index (χ1) is 7.79. The fourth-order valence-electron chi connectivity index (χ4n) is 1.79. The molecule has 1 N–H and O–H groups in total. The summed E-state index contributed by atoms with van der Waals surface area (Å²) in [6.07, 6.45) is 7.53. The number of nitrogens with zero attached hydrogens (tertiary/aromatic N) is 2. The Bertz CT molecular complexity index is 288. The molecule has 1 aromatic rings. The highest BCUT2D eigenvalue weighted by atomic mass is 32.1. The monoisotopic (exact) mass is 242 g/mol. The molecule has 0 aromatic carbocycles. The first kappa shape index (κ1) is 13.6. The quantitative estimate of drug-likeness (QED) is 0.710. The molecule has 1 aromatic heterocycles. The summed E-state index contributed by atoms with van der Waals surface area (Å²) in [4.78, 5) is 0.970. The molecule has 0 saturated heterocycles. The molecule has 3 nitrogen and oxygen atoms in total. The number of hydrogen-bond acceptors (Lipinski definition) is 4. The highest BCUT2D eigenvalue weighted by molar-refractivity contribution is 7.05. The summed E-state index contributed by atoms with van der Waals surface area (Å²) in [6, 6.07) is 0. The molecule has 0 saturated carbocycles. The summed E-state index contributed by atoms with van der Waals surface area (Å²) in [7, 11) is 0. The van der Waals surface area contributed by atoms with E-state index in [1.54, 1.807) is 0 Å². The average Bonchev–Trinajstić information content (AvgIpc) is 2.76. The predicted octanol–water partition coefficient (Wildman–Crippen LogP) is 3.49. The van der Waals surface area contributed by atoms with Crippen LogP contribution in [0.3, 0.4) is 0 Å². The van der Waals surface area contributed by atoms with Crippen LogP contribution in [0.4, 0.5) is 0 Å². The Morgan fingerprint density at radius 1 is 1.19 bits per heavy atom. The van der Waals surface area contributed by atoms with Crippen LogP contribution in [-0.2, 0) is 6.42 Å². The smallest absolute Gasteiger partial charge is 0.0917 e. The largest absolute Gasteiger partial charge is 0.387 e. The number of aromatic nitrogens is 2. The SMILES string of the molecule is CCCCCCCC(O)c1snnc1CC. The zero-order valence-corrected chi connectivity index (χ0v) is 11.1. The van der Waals surface area contributed by atoms with Crippen LogP contribution in [-0.4, -0.2) is 14.7 Å². The first-order valence-corrected chi connectivity index (χ1v) is 7.06. The van der Waals surface area contributed by atoms with Gasteiger partial charge in [0.2, 0.25) is 0 Å². The fourth-order valence-corrected chi connectivity index (χ4v) is 2.54. The van der Waals surface area contributed by atoms with Crippen LogP contribution in [0.1, 0.15) is 69.0 Å². The van der Waals surface area contributed by atoms with Crippen molar-refractivity contribution < 1.29 is 5.11 Å². The van der Waals surface area contributed by atoms with Crippen molar-refractivity contribution in [1.82, 2.24) is 9.59 Å². The maximum atomic E-state index is 10.0. The maximum Gasteiger partial charge on any atom is 0.0917 e. The van der Waals surface area contributed by atoms with Crippen LogP contribution >= 0.6 is 11.5 Å². The van der Waals surface area contributed by atoms with E-state index in [9.17, 15) is 5.11 Å². The molecular formula is C12H22N2OS. The van der Waals surface area contributed by atoms with Crippen molar-refractivity contribution in [3.8, 4) is 0 Å². The van der Waals surface area contributed by atoms with Crippen molar-refractivity contribution in [3.05, 3.63) is 10.6 Å². The normalized spacial score (nSPS) is 12.9. The zero-order chi connectivity index (χ0) is 11.8. The van der Waals surface area contributed by atoms with E-state index in [-0.39, 0.29) is 6.10 Å². The topological polar surface area (TPSA) is 46.0 Å². The average molecular weight is 242 g/mol. The Kier molecular flexibility index (Phi) is 6.57. The minimum Gasteiger partial charge on any atom is -0.387 e. The molecule has 0 radical (unpaired) electrons. The lowest BCUT2D eigenvalue weighted by Gasteiger charge is -2.08. The molecule has 1 heterocycles. The van der Waals surface area contributed by atoms with Gasteiger partial charge in [0.25, 0.3) is 0 Å². The van der Waals surface area contributed by atoms with Gasteiger partial charge in [0.15, 0.2) is 0 Å². The third-order valence-corrected chi connectivity index (χ3v) is 3.67. The minimum absolute atomic E-state index is 0.350. The molecule has 0 bridgehead atoms. The Morgan fingerprint density at radius 2 is 1.94 bits per heavy atom. The summed E-state index contributed by atoms with van der Waals surface area (Å²) in [5.74, 6) is 0. The number of aliphatic hydroxyl groups excluding tert-OH is 1. The Labute approximate surface area is 102 Å². The summed E-state index contributed by atoms with van der Waals surface area (Å²) in [5, 5.41) is 14.0. The van der Waals surface area contributed by atoms with Crippen LogP contribution in [0.15, 0.2) is 0 Å². The van der Waals surface area contributed by atoms with Gasteiger partial charge in [0.05, 0.1) is 16.7 Å². The molecular weight excluding hydrogens is 220 g/mol. The third-order valence-electron chi connectivity index (χ3n) is 2.80. The van der Waals surface area contributed by atoms with Crippen molar-refractivity contribution in [2.24, 2.45) is 0 Å². The van der Waals surface area contributed by atoms with Gasteiger partial charge in [-0.25, -0.2) is 0 Å². The van der Waals surface area contributed by atoms with E-state index in [4.69, 9.17) is 0 Å². The third kappa shape index (κ3) is 4.18. The molecule has 0 aliphatic carbocycles. The minimum atomic E-state index is -0.350. The molecule has 1 unspecified atom stereocenters. The van der Waals surface area contributed by atoms with Crippen LogP contribution in [0.25, 0.3) is 0 Å². The van der Waals surface area contributed by atoms with Crippen molar-refractivity contribution in [2.45, 2.75) is 64.9 Å². The number of aliphatic hydroxyl groups is 1. The number of aryl methyl sites for hydroxylation is 1. The Morgan fingerprint density at radius 3 is 2.62 bits per heavy atom. The number of rotatable bonds is 8. The van der Waals surface area contributed by atoms with Crippen LogP contribution in [0.2, 0.25) is 0 Å². The lowest BCUT2D eigenvalue weighted by Crippen LogP contribution is -1.98. The molecule has 4 heteroatoms. The molecule has 1 atom stereocenters. The molecule has 16 heavy (non-hydrogen) atoms. The van der Waals surface area contributed by atoms with Gasteiger partial charge in [-0.3, -0.25) is 0 Å². The second-order valence-corrected chi connectivity index (χ2v) is 4.94. The van der Waals surface area contributed by atoms with E-state index in [2.05, 4.69) is 16.5 Å². The molecule has 0 amide bonds. The lowest BCUT2D eigenvalue weighted by molar-refractivity contribution is 0.166. The number of unbranched alkanes of at least 4 members (excludes halogenated alkanes) is 4. The lowest BCUT2D eigenvalue weighted by atomic mass is 10.1. The molecule has 0 aliphatic heterocycles. The Balaban J connectivity index is 2.27. The summed E-state index contributed by atoms with van der Waals surface area (Å²) in [5.41, 5.74) is 0.964. The second kappa shape index (κ2) is 7.74. The zero-order valence-electron chi connectivity index (χ0n) is 10.3. The molecule has 0 spiro atoms. The molecule has 0 aliphatic rings. The van der Waals surface area contributed by atoms with E-state index < -0.39 is 0 Å². The summed E-state index contributed by atoms with van der Waals surface area (Å²) < 4.78 is 3.90. The van der Waals surface area contributed by atoms with Crippen molar-refractivity contribution in [3.63, 3.8) is 0 Å². The maximum absolute atomic E-state index is 10.0. The van der Waals surface area contributed by atoms with E-state index in [1.165, 1.54) is 37.2 Å². The van der Waals surface area contributed by atoms with Gasteiger partial charge in [-0.05, 0) is 24.4 Å². The van der Waals surface area contributed by atoms with Gasteiger partial charge >= 0.3 is 0 Å². The van der Waals surface area contributed by atoms with Crippen molar-refractivity contribution in [2.75, 3.05) is 0 Å². The summed E-state index contributed by atoms with van der Waals surface area (Å²) >= 11 is 1.34. The van der Waals surface area contributed by atoms with E-state index in [0.29, 0.717) is 0 Å². The van der Waals surface area contributed by atoms with Crippen LogP contribution in [0.5, 0.6) is 0 Å². The van der Waals surface area contributed by atoms with E-state index in [0.717, 1.165) is 29.8 Å². The van der Waals surface area contributed by atoms with Crippen molar-refractivity contribution >= 4 is 11.5 Å². The highest BCUT2D eigenvalue weighted by Gasteiger charge is 2.15. The summed E-state index contributed by atoms with van der Waals surface area (Å²) in [6.45, 7) is 4.26. The van der Waals surface area contributed by atoms with E-state index in [1.807, 2.05) is 6.92 Å². The van der Waals surface area contributed by atoms with Gasteiger partial charge in [-0.1, -0.05) is 50.4 Å². The van der Waals surface area contributed by atoms with Gasteiger partial charge in [-0.15, -0.1) is 5.10 Å². The Hall–Kier alpha value is -0.480. The van der Waals surface area contributed by atoms with Crippen molar-refractivity contribution in [1.29, 1.82) is 0 Å². The van der Waals surface area contributed by atoms with Crippen LogP contribution in [0, 0.1) is 0 Å². The van der Waals surface area contributed by atoms with Crippen LogP contribution < -0.4 is 0 Å². The molecule has 92 valence electrons. The second-order valence-electron chi connectivity index (χ2n) is 4.16. The van der Waals surface area contributed by atoms with Gasteiger partial charge in [-0.2, -0.15) is 0 Å². The highest BCUT2D eigenvalue weighted by Crippen LogP contribution is 2.25.